The molecule has 1 N–H and O–H groups in total. The molecule has 8 heteroatoms. The van der Waals surface area contributed by atoms with Crippen LogP contribution in [0, 0.1) is 27.7 Å². The van der Waals surface area contributed by atoms with Crippen LogP contribution in [0.25, 0.3) is 0 Å². The Morgan fingerprint density at radius 2 is 1.50 bits per heavy atom. The number of piperidine rings is 1. The molecule has 0 unspecified atom stereocenters. The number of nitrogens with one attached hydrogen (secondary N) is 1. The number of carbonyl (C=O) groups excluding carboxylic acids is 1. The van der Waals surface area contributed by atoms with Crippen molar-refractivity contribution in [2.45, 2.75) is 58.0 Å². The molecule has 7 nitrogen and oxygen atoms in total. The molecular weight excluding hydrogens is 448 g/mol. The molecule has 1 aromatic heterocycles. The lowest BCUT2D eigenvalue weighted by Gasteiger charge is -2.31. The summed E-state index contributed by atoms with van der Waals surface area (Å²) in [7, 11) is -3.52. The minimum atomic E-state index is -3.52. The Hall–Kier alpha value is -2.97. The Kier molecular flexibility index (Phi) is 6.91. The molecule has 4 rings (SSSR count). The van der Waals surface area contributed by atoms with Gasteiger partial charge in [0.25, 0.3) is 5.91 Å². The van der Waals surface area contributed by atoms with Crippen LogP contribution >= 0.6 is 0 Å². The van der Waals surface area contributed by atoms with Crippen LogP contribution in [0.15, 0.2) is 53.4 Å². The zero-order valence-electron chi connectivity index (χ0n) is 20.2. The van der Waals surface area contributed by atoms with Gasteiger partial charge in [-0.2, -0.15) is 9.40 Å². The lowest BCUT2D eigenvalue weighted by atomic mass is 10.1. The van der Waals surface area contributed by atoms with Crippen LogP contribution in [0.5, 0.6) is 0 Å². The Morgan fingerprint density at radius 1 is 0.941 bits per heavy atom. The summed E-state index contributed by atoms with van der Waals surface area (Å²) < 4.78 is 29.3. The van der Waals surface area contributed by atoms with E-state index in [1.807, 2.05) is 37.6 Å². The maximum atomic E-state index is 13.1. The number of sulfonamides is 1. The molecule has 180 valence electrons. The van der Waals surface area contributed by atoms with E-state index in [0.717, 1.165) is 16.8 Å². The van der Waals surface area contributed by atoms with E-state index in [4.69, 9.17) is 0 Å². The van der Waals surface area contributed by atoms with E-state index in [0.29, 0.717) is 48.6 Å². The van der Waals surface area contributed by atoms with Gasteiger partial charge in [-0.3, -0.25) is 9.48 Å². The Labute approximate surface area is 201 Å². The first-order valence-corrected chi connectivity index (χ1v) is 13.1. The molecule has 0 aliphatic carbocycles. The predicted octanol–water partition coefficient (Wildman–Crippen LogP) is 3.75. The van der Waals surface area contributed by atoms with E-state index in [1.54, 1.807) is 12.1 Å². The standard InChI is InChI=1S/C26H32N4O3S/c1-18-5-9-22(10-6-18)17-30-21(4)25(20(3)28-30)26(31)27-23-13-15-29(16-14-23)34(32,33)24-11-7-19(2)8-12-24/h5-12,23H,13-17H2,1-4H3,(H,27,31). The normalized spacial score (nSPS) is 15.4. The van der Waals surface area contributed by atoms with E-state index >= 15 is 0 Å². The molecule has 1 fully saturated rings. The molecule has 1 aliphatic rings. The third-order valence-electron chi connectivity index (χ3n) is 6.51. The number of hydrogen-bond acceptors (Lipinski definition) is 4. The lowest BCUT2D eigenvalue weighted by molar-refractivity contribution is 0.0922. The van der Waals surface area contributed by atoms with Gasteiger partial charge in [-0.05, 0) is 58.2 Å². The van der Waals surface area contributed by atoms with Crippen LogP contribution in [-0.4, -0.2) is 47.5 Å². The van der Waals surface area contributed by atoms with Crippen molar-refractivity contribution in [3.05, 3.63) is 82.2 Å². The Balaban J connectivity index is 1.39. The Morgan fingerprint density at radius 3 is 2.09 bits per heavy atom. The van der Waals surface area contributed by atoms with Crippen molar-refractivity contribution < 1.29 is 13.2 Å². The molecule has 1 saturated heterocycles. The average molecular weight is 481 g/mol. The third kappa shape index (κ3) is 5.08. The van der Waals surface area contributed by atoms with Gasteiger partial charge in [0, 0.05) is 24.8 Å². The van der Waals surface area contributed by atoms with E-state index < -0.39 is 10.0 Å². The van der Waals surface area contributed by atoms with Crippen molar-refractivity contribution in [1.82, 2.24) is 19.4 Å². The fourth-order valence-corrected chi connectivity index (χ4v) is 5.87. The fraction of sp³-hybridized carbons (Fsp3) is 0.385. The largest absolute Gasteiger partial charge is 0.349 e. The van der Waals surface area contributed by atoms with Gasteiger partial charge in [0.1, 0.15) is 0 Å². The van der Waals surface area contributed by atoms with Crippen molar-refractivity contribution in [1.29, 1.82) is 0 Å². The molecule has 1 amide bonds. The van der Waals surface area contributed by atoms with Gasteiger partial charge in [-0.15, -0.1) is 0 Å². The lowest BCUT2D eigenvalue weighted by Crippen LogP contribution is -2.46. The molecule has 2 aromatic carbocycles. The van der Waals surface area contributed by atoms with Gasteiger partial charge in [-0.25, -0.2) is 8.42 Å². The zero-order valence-corrected chi connectivity index (χ0v) is 21.0. The third-order valence-corrected chi connectivity index (χ3v) is 8.42. The molecule has 0 bridgehead atoms. The monoisotopic (exact) mass is 480 g/mol. The topological polar surface area (TPSA) is 84.3 Å². The van der Waals surface area contributed by atoms with E-state index in [-0.39, 0.29) is 11.9 Å². The summed E-state index contributed by atoms with van der Waals surface area (Å²) in [5, 5.41) is 7.70. The van der Waals surface area contributed by atoms with Crippen molar-refractivity contribution in [2.24, 2.45) is 0 Å². The smallest absolute Gasteiger partial charge is 0.255 e. The quantitative estimate of drug-likeness (QED) is 0.582. The summed E-state index contributed by atoms with van der Waals surface area (Å²) in [6.07, 6.45) is 1.15. The number of nitrogens with zero attached hydrogens (tertiary/aromatic N) is 3. The van der Waals surface area contributed by atoms with Crippen molar-refractivity contribution in [2.75, 3.05) is 13.1 Å². The maximum absolute atomic E-state index is 13.1. The maximum Gasteiger partial charge on any atom is 0.255 e. The number of aromatic nitrogens is 2. The molecule has 0 spiro atoms. The minimum absolute atomic E-state index is 0.0729. The highest BCUT2D eigenvalue weighted by Crippen LogP contribution is 2.22. The number of benzene rings is 2. The minimum Gasteiger partial charge on any atom is -0.349 e. The number of amides is 1. The zero-order chi connectivity index (χ0) is 24.5. The van der Waals surface area contributed by atoms with E-state index in [9.17, 15) is 13.2 Å². The average Bonchev–Trinajstić information content (AvgIpc) is 3.08. The van der Waals surface area contributed by atoms with Crippen LogP contribution in [0.4, 0.5) is 0 Å². The van der Waals surface area contributed by atoms with Crippen LogP contribution in [0.1, 0.15) is 51.3 Å². The first kappa shape index (κ1) is 24.2. The molecular formula is C26H32N4O3S. The summed E-state index contributed by atoms with van der Waals surface area (Å²) in [5.74, 6) is -0.148. The summed E-state index contributed by atoms with van der Waals surface area (Å²) in [6.45, 7) is 9.12. The number of rotatable bonds is 6. The number of carbonyl (C=O) groups is 1. The summed E-state index contributed by atoms with van der Waals surface area (Å²) >= 11 is 0. The van der Waals surface area contributed by atoms with Crippen molar-refractivity contribution >= 4 is 15.9 Å². The van der Waals surface area contributed by atoms with Crippen LogP contribution in [-0.2, 0) is 16.6 Å². The molecule has 0 saturated carbocycles. The van der Waals surface area contributed by atoms with Crippen LogP contribution in [0.2, 0.25) is 0 Å². The van der Waals surface area contributed by atoms with Crippen LogP contribution < -0.4 is 5.32 Å². The van der Waals surface area contributed by atoms with Gasteiger partial charge in [0.15, 0.2) is 0 Å². The fourth-order valence-electron chi connectivity index (χ4n) is 4.40. The molecule has 2 heterocycles. The first-order chi connectivity index (χ1) is 16.1. The predicted molar refractivity (Wildman–Crippen MR) is 132 cm³/mol. The highest BCUT2D eigenvalue weighted by atomic mass is 32.2. The van der Waals surface area contributed by atoms with Crippen molar-refractivity contribution in [3.63, 3.8) is 0 Å². The molecule has 0 atom stereocenters. The summed E-state index contributed by atoms with van der Waals surface area (Å²) in [6, 6.07) is 15.1. The van der Waals surface area contributed by atoms with Gasteiger partial charge in [0.2, 0.25) is 10.0 Å². The van der Waals surface area contributed by atoms with E-state index in [1.165, 1.54) is 9.87 Å². The summed E-state index contributed by atoms with van der Waals surface area (Å²) in [4.78, 5) is 13.4. The Bertz CT molecular complexity index is 1270. The van der Waals surface area contributed by atoms with Gasteiger partial charge < -0.3 is 5.32 Å². The summed E-state index contributed by atoms with van der Waals surface area (Å²) in [5.41, 5.74) is 5.48. The number of hydrogen-bond donors (Lipinski definition) is 1. The SMILES string of the molecule is Cc1ccc(Cn2nc(C)c(C(=O)NC3CCN(S(=O)(=O)c4ccc(C)cc4)CC3)c2C)cc1. The molecule has 0 radical (unpaired) electrons. The molecule has 3 aromatic rings. The van der Waals surface area contributed by atoms with E-state index in [2.05, 4.69) is 41.6 Å². The second-order valence-electron chi connectivity index (χ2n) is 9.15. The van der Waals surface area contributed by atoms with Gasteiger partial charge in [-0.1, -0.05) is 47.5 Å². The second kappa shape index (κ2) is 9.72. The highest BCUT2D eigenvalue weighted by Gasteiger charge is 2.30. The number of aryl methyl sites for hydroxylation is 3. The van der Waals surface area contributed by atoms with Gasteiger partial charge in [0.05, 0.1) is 22.7 Å². The van der Waals surface area contributed by atoms with Gasteiger partial charge >= 0.3 is 0 Å². The van der Waals surface area contributed by atoms with Crippen LogP contribution in [0.3, 0.4) is 0 Å². The molecule has 1 aliphatic heterocycles. The second-order valence-corrected chi connectivity index (χ2v) is 11.1. The molecule has 34 heavy (non-hydrogen) atoms. The van der Waals surface area contributed by atoms with Crippen molar-refractivity contribution in [3.8, 4) is 0 Å². The highest BCUT2D eigenvalue weighted by molar-refractivity contribution is 7.89. The first-order valence-electron chi connectivity index (χ1n) is 11.6.